The van der Waals surface area contributed by atoms with E-state index in [1.165, 1.54) is 33.4 Å². The van der Waals surface area contributed by atoms with Crippen molar-refractivity contribution in [1.82, 2.24) is 0 Å². The number of benzene rings is 2. The summed E-state index contributed by atoms with van der Waals surface area (Å²) < 4.78 is 0. The maximum atomic E-state index is 2.29. The van der Waals surface area contributed by atoms with Crippen LogP contribution in [0.4, 0.5) is 0 Å². The maximum absolute atomic E-state index is 2.29. The fourth-order valence-electron chi connectivity index (χ4n) is 3.57. The van der Waals surface area contributed by atoms with Crippen molar-refractivity contribution in [3.8, 4) is 0 Å². The van der Waals surface area contributed by atoms with Crippen LogP contribution in [0.3, 0.4) is 0 Å². The summed E-state index contributed by atoms with van der Waals surface area (Å²) in [5.74, 6) is 0. The Morgan fingerprint density at radius 1 is 0.481 bits per heavy atom. The third kappa shape index (κ3) is 11.7. The first-order valence-corrected chi connectivity index (χ1v) is 9.88. The average Bonchev–Trinajstić information content (AvgIpc) is 2.31. The van der Waals surface area contributed by atoms with Crippen molar-refractivity contribution in [1.29, 1.82) is 0 Å². The lowest BCUT2D eigenvalue weighted by Gasteiger charge is -2.18. The second kappa shape index (κ2) is 10.1. The molecular weight excluding hydrogens is 324 g/mol. The van der Waals surface area contributed by atoms with Crippen molar-refractivity contribution >= 4 is 0 Å². The Morgan fingerprint density at radius 2 is 0.704 bits per heavy atom. The Hall–Kier alpha value is -1.56. The Morgan fingerprint density at radius 3 is 0.889 bits per heavy atom. The van der Waals surface area contributed by atoms with E-state index in [0.717, 1.165) is 12.8 Å². The van der Waals surface area contributed by atoms with Gasteiger partial charge in [-0.1, -0.05) is 108 Å². The van der Waals surface area contributed by atoms with Crippen molar-refractivity contribution in [2.24, 2.45) is 10.8 Å². The van der Waals surface area contributed by atoms with Gasteiger partial charge in [0.25, 0.3) is 0 Å². The number of hydrogen-bond donors (Lipinski definition) is 0. The van der Waals surface area contributed by atoms with E-state index in [-0.39, 0.29) is 7.43 Å². The smallest absolute Gasteiger partial charge is 0.0230 e. The van der Waals surface area contributed by atoms with Crippen LogP contribution in [0.2, 0.25) is 0 Å². The largest absolute Gasteiger partial charge is 0.0776 e. The Labute approximate surface area is 170 Å². The van der Waals surface area contributed by atoms with Crippen LogP contribution >= 0.6 is 0 Å². The van der Waals surface area contributed by atoms with Crippen LogP contribution in [0, 0.1) is 38.5 Å². The fraction of sp³-hybridized carbons (Fsp3) is 0.556. The van der Waals surface area contributed by atoms with E-state index in [4.69, 9.17) is 0 Å². The molecule has 2 rings (SSSR count). The van der Waals surface area contributed by atoms with Crippen molar-refractivity contribution in [3.05, 3.63) is 69.8 Å². The molecule has 0 aliphatic heterocycles. The third-order valence-corrected chi connectivity index (χ3v) is 4.03. The Balaban J connectivity index is 0.000000483. The van der Waals surface area contributed by atoms with E-state index >= 15 is 0 Å². The summed E-state index contributed by atoms with van der Waals surface area (Å²) in [6.07, 6.45) is 2.32. The average molecular weight is 369 g/mol. The molecule has 0 fully saturated rings. The van der Waals surface area contributed by atoms with Gasteiger partial charge in [0.15, 0.2) is 0 Å². The molecule has 0 aliphatic rings. The van der Waals surface area contributed by atoms with Crippen LogP contribution in [0.25, 0.3) is 0 Å². The van der Waals surface area contributed by atoms with Crippen LogP contribution in [0.15, 0.2) is 36.4 Å². The van der Waals surface area contributed by atoms with Gasteiger partial charge in [0.1, 0.15) is 0 Å². The van der Waals surface area contributed by atoms with E-state index in [1.807, 2.05) is 0 Å². The van der Waals surface area contributed by atoms with Gasteiger partial charge >= 0.3 is 0 Å². The topological polar surface area (TPSA) is 0 Å². The summed E-state index contributed by atoms with van der Waals surface area (Å²) in [5, 5.41) is 0. The lowest BCUT2D eigenvalue weighted by Crippen LogP contribution is -2.09. The Bertz CT molecular complexity index is 602. The minimum absolute atomic E-state index is 0. The second-order valence-corrected chi connectivity index (χ2v) is 10.5. The molecule has 0 atom stereocenters. The molecule has 0 saturated carbocycles. The van der Waals surface area contributed by atoms with E-state index < -0.39 is 0 Å². The molecule has 0 aliphatic carbocycles. The first kappa shape index (κ1) is 25.4. The zero-order chi connectivity index (χ0) is 20.1. The standard InChI is InChI=1S/2C13H20.CH4/c2*1-10-6-11(2)8-12(7-10)9-13(3,4)5;/h2*6-8H,9H2,1-5H3;1H4. The van der Waals surface area contributed by atoms with Gasteiger partial charge in [-0.05, 0) is 62.5 Å². The first-order chi connectivity index (χ1) is 11.7. The molecule has 0 heteroatoms. The van der Waals surface area contributed by atoms with Crippen LogP contribution < -0.4 is 0 Å². The predicted molar refractivity (Wildman–Crippen MR) is 125 cm³/mol. The maximum Gasteiger partial charge on any atom is -0.0230 e. The van der Waals surface area contributed by atoms with E-state index in [2.05, 4.69) is 106 Å². The van der Waals surface area contributed by atoms with Crippen LogP contribution in [0.1, 0.15) is 82.3 Å². The van der Waals surface area contributed by atoms with Gasteiger partial charge in [0.2, 0.25) is 0 Å². The highest BCUT2D eigenvalue weighted by Gasteiger charge is 2.12. The highest BCUT2D eigenvalue weighted by Crippen LogP contribution is 2.22. The van der Waals surface area contributed by atoms with Gasteiger partial charge in [0, 0.05) is 0 Å². The Kier molecular flexibility index (Phi) is 9.53. The van der Waals surface area contributed by atoms with Gasteiger partial charge in [-0.15, -0.1) is 0 Å². The number of rotatable bonds is 2. The van der Waals surface area contributed by atoms with Gasteiger partial charge < -0.3 is 0 Å². The van der Waals surface area contributed by atoms with E-state index in [9.17, 15) is 0 Å². The molecular formula is C27H44. The van der Waals surface area contributed by atoms with E-state index in [1.54, 1.807) is 0 Å². The lowest BCUT2D eigenvalue weighted by molar-refractivity contribution is 0.410. The first-order valence-electron chi connectivity index (χ1n) is 9.88. The van der Waals surface area contributed by atoms with Gasteiger partial charge in [-0.25, -0.2) is 0 Å². The third-order valence-electron chi connectivity index (χ3n) is 4.03. The molecule has 2 aromatic carbocycles. The van der Waals surface area contributed by atoms with Gasteiger partial charge in [-0.2, -0.15) is 0 Å². The second-order valence-electron chi connectivity index (χ2n) is 10.5. The molecule has 0 aromatic heterocycles. The zero-order valence-corrected chi connectivity index (χ0v) is 18.9. The summed E-state index contributed by atoms with van der Waals surface area (Å²) in [7, 11) is 0. The molecule has 152 valence electrons. The van der Waals surface area contributed by atoms with Crippen molar-refractivity contribution < 1.29 is 0 Å². The van der Waals surface area contributed by atoms with Crippen molar-refractivity contribution in [2.45, 2.75) is 89.5 Å². The van der Waals surface area contributed by atoms with Crippen molar-refractivity contribution in [3.63, 3.8) is 0 Å². The van der Waals surface area contributed by atoms with Crippen LogP contribution in [0.5, 0.6) is 0 Å². The highest BCUT2D eigenvalue weighted by atomic mass is 14.2. The monoisotopic (exact) mass is 368 g/mol. The van der Waals surface area contributed by atoms with Gasteiger partial charge in [0.05, 0.1) is 0 Å². The molecule has 0 heterocycles. The summed E-state index contributed by atoms with van der Waals surface area (Å²) in [4.78, 5) is 0. The number of hydrogen-bond acceptors (Lipinski definition) is 0. The molecule has 2 aromatic rings. The minimum atomic E-state index is 0. The molecule has 0 amide bonds. The SMILES string of the molecule is C.Cc1cc(C)cc(CC(C)(C)C)c1.Cc1cc(C)cc(CC(C)(C)C)c1. The van der Waals surface area contributed by atoms with E-state index in [0.29, 0.717) is 10.8 Å². The minimum Gasteiger partial charge on any atom is -0.0776 e. The van der Waals surface area contributed by atoms with Crippen molar-refractivity contribution in [2.75, 3.05) is 0 Å². The fourth-order valence-corrected chi connectivity index (χ4v) is 3.57. The van der Waals surface area contributed by atoms with Crippen LogP contribution in [-0.4, -0.2) is 0 Å². The zero-order valence-electron chi connectivity index (χ0n) is 18.9. The number of aryl methyl sites for hydroxylation is 4. The molecule has 0 nitrogen and oxygen atoms in total. The van der Waals surface area contributed by atoms with Gasteiger partial charge in [-0.3, -0.25) is 0 Å². The normalized spacial score (nSPS) is 11.3. The lowest BCUT2D eigenvalue weighted by atomic mass is 9.87. The highest BCUT2D eigenvalue weighted by molar-refractivity contribution is 5.29. The predicted octanol–water partition coefficient (Wildman–Crippen LogP) is 8.42. The summed E-state index contributed by atoms with van der Waals surface area (Å²) in [5.41, 5.74) is 9.20. The molecule has 27 heavy (non-hydrogen) atoms. The van der Waals surface area contributed by atoms with Crippen LogP contribution in [-0.2, 0) is 12.8 Å². The molecule has 0 unspecified atom stereocenters. The molecule has 0 radical (unpaired) electrons. The molecule has 0 bridgehead atoms. The molecule has 0 saturated heterocycles. The summed E-state index contributed by atoms with van der Waals surface area (Å²) >= 11 is 0. The summed E-state index contributed by atoms with van der Waals surface area (Å²) in [6.45, 7) is 22.4. The molecule has 0 N–H and O–H groups in total. The quantitative estimate of drug-likeness (QED) is 0.499. The molecule has 0 spiro atoms. The summed E-state index contributed by atoms with van der Waals surface area (Å²) in [6, 6.07) is 13.6.